The van der Waals surface area contributed by atoms with Gasteiger partial charge in [0.2, 0.25) is 5.91 Å². The summed E-state index contributed by atoms with van der Waals surface area (Å²) in [6.07, 6.45) is 1.09. The molecule has 0 fully saturated rings. The molecule has 0 saturated carbocycles. The van der Waals surface area contributed by atoms with Gasteiger partial charge in [0.25, 0.3) is 5.91 Å². The van der Waals surface area contributed by atoms with Crippen molar-refractivity contribution in [2.45, 2.75) is 32.4 Å². The summed E-state index contributed by atoms with van der Waals surface area (Å²) >= 11 is 6.16. The van der Waals surface area contributed by atoms with Gasteiger partial charge >= 0.3 is 0 Å². The van der Waals surface area contributed by atoms with Gasteiger partial charge in [0, 0.05) is 24.5 Å². The van der Waals surface area contributed by atoms with E-state index in [4.69, 9.17) is 16.3 Å². The van der Waals surface area contributed by atoms with E-state index >= 15 is 0 Å². The molecule has 0 aliphatic rings. The zero-order chi connectivity index (χ0) is 24.3. The molecule has 0 heterocycles. The van der Waals surface area contributed by atoms with Crippen LogP contribution in [0.5, 0.6) is 5.75 Å². The molecule has 3 aromatic rings. The van der Waals surface area contributed by atoms with Crippen LogP contribution in [0, 0.1) is 5.82 Å². The van der Waals surface area contributed by atoms with Gasteiger partial charge in [-0.2, -0.15) is 0 Å². The molecule has 2 amide bonds. The van der Waals surface area contributed by atoms with E-state index in [1.807, 2.05) is 43.3 Å². The van der Waals surface area contributed by atoms with Crippen LogP contribution in [0.2, 0.25) is 5.02 Å². The molecular formula is C27H28ClFN2O3. The van der Waals surface area contributed by atoms with Crippen LogP contribution in [0.15, 0.2) is 78.9 Å². The van der Waals surface area contributed by atoms with Crippen LogP contribution in [0.25, 0.3) is 0 Å². The first-order valence-corrected chi connectivity index (χ1v) is 11.6. The van der Waals surface area contributed by atoms with E-state index < -0.39 is 24.4 Å². The molecule has 7 heteroatoms. The molecule has 0 unspecified atom stereocenters. The number of hydrogen-bond acceptors (Lipinski definition) is 3. The fourth-order valence-electron chi connectivity index (χ4n) is 3.54. The Morgan fingerprint density at radius 2 is 1.71 bits per heavy atom. The average molecular weight is 483 g/mol. The minimum absolute atomic E-state index is 0.0198. The number of hydrogen-bond donors (Lipinski definition) is 1. The van der Waals surface area contributed by atoms with Gasteiger partial charge in [-0.15, -0.1) is 0 Å². The Bertz CT molecular complexity index is 1090. The quantitative estimate of drug-likeness (QED) is 0.417. The van der Waals surface area contributed by atoms with Gasteiger partial charge in [-0.05, 0) is 41.8 Å². The van der Waals surface area contributed by atoms with Crippen molar-refractivity contribution in [3.8, 4) is 5.75 Å². The summed E-state index contributed by atoms with van der Waals surface area (Å²) in [6.45, 7) is 2.20. The number of carbonyl (C=O) groups excluding carboxylic acids is 2. The Hall–Kier alpha value is -3.38. The van der Waals surface area contributed by atoms with E-state index in [0.29, 0.717) is 18.0 Å². The maximum atomic E-state index is 14.0. The number of carbonyl (C=O) groups is 2. The van der Waals surface area contributed by atoms with Gasteiger partial charge in [-0.3, -0.25) is 9.59 Å². The van der Waals surface area contributed by atoms with Gasteiger partial charge < -0.3 is 15.0 Å². The third-order valence-corrected chi connectivity index (χ3v) is 5.49. The van der Waals surface area contributed by atoms with E-state index in [1.54, 1.807) is 30.3 Å². The van der Waals surface area contributed by atoms with Crippen molar-refractivity contribution in [3.63, 3.8) is 0 Å². The van der Waals surface area contributed by atoms with Gasteiger partial charge in [0.15, 0.2) is 18.2 Å². The molecule has 1 atom stereocenters. The fourth-order valence-corrected chi connectivity index (χ4v) is 3.75. The summed E-state index contributed by atoms with van der Waals surface area (Å²) in [7, 11) is 0. The highest BCUT2D eigenvalue weighted by Crippen LogP contribution is 2.19. The number of halogens is 2. The first-order valence-electron chi connectivity index (χ1n) is 11.2. The first-order chi connectivity index (χ1) is 16.5. The molecule has 0 saturated heterocycles. The molecule has 0 spiro atoms. The fraction of sp³-hybridized carbons (Fsp3) is 0.259. The highest BCUT2D eigenvalue weighted by atomic mass is 35.5. The van der Waals surface area contributed by atoms with Crippen LogP contribution in [0.3, 0.4) is 0 Å². The lowest BCUT2D eigenvalue weighted by Gasteiger charge is -2.31. The number of nitrogens with one attached hydrogen (secondary N) is 1. The molecule has 0 bridgehead atoms. The van der Waals surface area contributed by atoms with Crippen molar-refractivity contribution in [2.75, 3.05) is 13.2 Å². The highest BCUT2D eigenvalue weighted by molar-refractivity contribution is 6.30. The topological polar surface area (TPSA) is 58.6 Å². The number of benzene rings is 3. The van der Waals surface area contributed by atoms with Crippen LogP contribution in [0.1, 0.15) is 24.5 Å². The lowest BCUT2D eigenvalue weighted by Crippen LogP contribution is -2.51. The number of ether oxygens (including phenoxy) is 1. The standard InChI is InChI=1S/C27H28ClFN2O3/c1-2-15-30-27(33)24(17-20-9-4-3-5-10-20)31(18-21-11-8-12-22(28)16-21)26(32)19-34-25-14-7-6-13-23(25)29/h3-14,16,24H,2,15,17-19H2,1H3,(H,30,33)/t24-/m1/s1. The average Bonchev–Trinajstić information content (AvgIpc) is 2.84. The largest absolute Gasteiger partial charge is 0.481 e. The Balaban J connectivity index is 1.90. The molecule has 34 heavy (non-hydrogen) atoms. The van der Waals surface area contributed by atoms with E-state index in [0.717, 1.165) is 17.5 Å². The number of amides is 2. The predicted molar refractivity (Wildman–Crippen MR) is 131 cm³/mol. The summed E-state index contributed by atoms with van der Waals surface area (Å²) in [6, 6.07) is 21.7. The molecule has 3 aromatic carbocycles. The van der Waals surface area contributed by atoms with Gasteiger partial charge in [-0.25, -0.2) is 4.39 Å². The lowest BCUT2D eigenvalue weighted by molar-refractivity contribution is -0.142. The molecular weight excluding hydrogens is 455 g/mol. The molecule has 178 valence electrons. The molecule has 0 aromatic heterocycles. The molecule has 3 rings (SSSR count). The summed E-state index contributed by atoms with van der Waals surface area (Å²) in [5.74, 6) is -1.27. The van der Waals surface area contributed by atoms with E-state index in [9.17, 15) is 14.0 Å². The third kappa shape index (κ3) is 7.32. The van der Waals surface area contributed by atoms with Gasteiger partial charge in [0.05, 0.1) is 0 Å². The zero-order valence-electron chi connectivity index (χ0n) is 19.0. The van der Waals surface area contributed by atoms with Crippen molar-refractivity contribution in [2.24, 2.45) is 0 Å². The van der Waals surface area contributed by atoms with Crippen molar-refractivity contribution >= 4 is 23.4 Å². The third-order valence-electron chi connectivity index (χ3n) is 5.25. The zero-order valence-corrected chi connectivity index (χ0v) is 19.8. The Morgan fingerprint density at radius 3 is 2.41 bits per heavy atom. The molecule has 0 radical (unpaired) electrons. The summed E-state index contributed by atoms with van der Waals surface area (Å²) < 4.78 is 19.5. The van der Waals surface area contributed by atoms with Crippen LogP contribution < -0.4 is 10.1 Å². The smallest absolute Gasteiger partial charge is 0.261 e. The summed E-state index contributed by atoms with van der Waals surface area (Å²) in [5.41, 5.74) is 1.69. The van der Waals surface area contributed by atoms with E-state index in [1.165, 1.54) is 17.0 Å². The van der Waals surface area contributed by atoms with Crippen LogP contribution in [-0.4, -0.2) is 35.9 Å². The molecule has 0 aliphatic carbocycles. The number of rotatable bonds is 11. The minimum atomic E-state index is -0.787. The van der Waals surface area contributed by atoms with E-state index in [-0.39, 0.29) is 18.2 Å². The van der Waals surface area contributed by atoms with Crippen LogP contribution in [-0.2, 0) is 22.6 Å². The Morgan fingerprint density at radius 1 is 1.00 bits per heavy atom. The lowest BCUT2D eigenvalue weighted by atomic mass is 10.0. The summed E-state index contributed by atoms with van der Waals surface area (Å²) in [5, 5.41) is 3.44. The second-order valence-electron chi connectivity index (χ2n) is 7.87. The maximum absolute atomic E-state index is 14.0. The number of nitrogens with zero attached hydrogens (tertiary/aromatic N) is 1. The maximum Gasteiger partial charge on any atom is 0.261 e. The normalized spacial score (nSPS) is 11.5. The van der Waals surface area contributed by atoms with Crippen molar-refractivity contribution in [3.05, 3.63) is 101 Å². The molecule has 5 nitrogen and oxygen atoms in total. The van der Waals surface area contributed by atoms with Crippen molar-refractivity contribution in [1.82, 2.24) is 10.2 Å². The second-order valence-corrected chi connectivity index (χ2v) is 8.30. The van der Waals surface area contributed by atoms with Crippen molar-refractivity contribution in [1.29, 1.82) is 0 Å². The monoisotopic (exact) mass is 482 g/mol. The Labute approximate surface area is 204 Å². The minimum Gasteiger partial charge on any atom is -0.481 e. The van der Waals surface area contributed by atoms with Crippen LogP contribution >= 0.6 is 11.6 Å². The number of para-hydroxylation sites is 1. The van der Waals surface area contributed by atoms with Gasteiger partial charge in [0.1, 0.15) is 6.04 Å². The SMILES string of the molecule is CCCNC(=O)[C@@H](Cc1ccccc1)N(Cc1cccc(Cl)c1)C(=O)COc1ccccc1F. The highest BCUT2D eigenvalue weighted by Gasteiger charge is 2.30. The van der Waals surface area contributed by atoms with E-state index in [2.05, 4.69) is 5.32 Å². The van der Waals surface area contributed by atoms with Gasteiger partial charge in [-0.1, -0.05) is 73.1 Å². The molecule has 1 N–H and O–H groups in total. The predicted octanol–water partition coefficient (Wildman–Crippen LogP) is 5.02. The molecule has 0 aliphatic heterocycles. The summed E-state index contributed by atoms with van der Waals surface area (Å²) in [4.78, 5) is 28.1. The second kappa shape index (κ2) is 12.8. The Kier molecular flexibility index (Phi) is 9.47. The van der Waals surface area contributed by atoms with Crippen molar-refractivity contribution < 1.29 is 18.7 Å². The first kappa shape index (κ1) is 25.2. The van der Waals surface area contributed by atoms with Crippen LogP contribution in [0.4, 0.5) is 4.39 Å².